The summed E-state index contributed by atoms with van der Waals surface area (Å²) in [6.45, 7) is 6.23. The summed E-state index contributed by atoms with van der Waals surface area (Å²) in [5.41, 5.74) is 5.77. The number of aromatic nitrogens is 4. The molecule has 2 saturated heterocycles. The number of nitrogens with zero attached hydrogens (tertiary/aromatic N) is 4. The third-order valence-electron chi connectivity index (χ3n) is 12.7. The molecule has 2 bridgehead atoms. The van der Waals surface area contributed by atoms with Crippen molar-refractivity contribution < 1.29 is 33.7 Å². The highest BCUT2D eigenvalue weighted by Gasteiger charge is 2.52. The highest BCUT2D eigenvalue weighted by molar-refractivity contribution is 6.05. The lowest BCUT2D eigenvalue weighted by Crippen LogP contribution is -2.59. The molecule has 0 radical (unpaired) electrons. The molecule has 1 unspecified atom stereocenters. The first-order valence-electron chi connectivity index (χ1n) is 20.5. The molecule has 5 aromatic rings. The van der Waals surface area contributed by atoms with E-state index in [0.717, 1.165) is 87.9 Å². The van der Waals surface area contributed by atoms with Gasteiger partial charge in [-0.05, 0) is 85.1 Å². The Kier molecular flexibility index (Phi) is 11.3. The molecule has 3 amide bonds. The van der Waals surface area contributed by atoms with Gasteiger partial charge in [0.05, 0.1) is 61.4 Å². The van der Waals surface area contributed by atoms with E-state index >= 15 is 0 Å². The van der Waals surface area contributed by atoms with Crippen molar-refractivity contribution in [3.8, 4) is 22.4 Å². The maximum absolute atomic E-state index is 13.7. The van der Waals surface area contributed by atoms with Crippen LogP contribution >= 0.6 is 0 Å². The minimum Gasteiger partial charge on any atom is -0.453 e. The Morgan fingerprint density at radius 2 is 1.59 bits per heavy atom. The van der Waals surface area contributed by atoms with Gasteiger partial charge in [-0.1, -0.05) is 56.3 Å². The molecule has 1 aliphatic carbocycles. The molecule has 312 valence electrons. The summed E-state index contributed by atoms with van der Waals surface area (Å²) in [7, 11) is 4.16. The average Bonchev–Trinajstić information content (AvgIpc) is 4.11. The van der Waals surface area contributed by atoms with Crippen LogP contribution in [0.4, 0.5) is 9.59 Å². The van der Waals surface area contributed by atoms with Crippen LogP contribution in [0.1, 0.15) is 76.6 Å². The van der Waals surface area contributed by atoms with E-state index in [4.69, 9.17) is 24.2 Å². The van der Waals surface area contributed by atoms with Gasteiger partial charge in [0.25, 0.3) is 0 Å². The van der Waals surface area contributed by atoms with Crippen molar-refractivity contribution in [2.75, 3.05) is 27.9 Å². The summed E-state index contributed by atoms with van der Waals surface area (Å²) >= 11 is 0. The molecule has 59 heavy (non-hydrogen) atoms. The number of ether oxygens (including phenoxy) is 3. The Hall–Kier alpha value is -5.51. The van der Waals surface area contributed by atoms with Gasteiger partial charge in [0, 0.05) is 25.1 Å². The van der Waals surface area contributed by atoms with Gasteiger partial charge in [0.15, 0.2) is 0 Å². The van der Waals surface area contributed by atoms with E-state index in [1.165, 1.54) is 14.2 Å². The third kappa shape index (κ3) is 7.62. The van der Waals surface area contributed by atoms with Crippen LogP contribution in [0.25, 0.3) is 44.2 Å². The van der Waals surface area contributed by atoms with Crippen molar-refractivity contribution in [3.05, 3.63) is 72.4 Å². The van der Waals surface area contributed by atoms with Gasteiger partial charge in [-0.2, -0.15) is 0 Å². The normalized spacial score (nSPS) is 22.5. The van der Waals surface area contributed by atoms with Crippen LogP contribution in [-0.2, 0) is 19.0 Å². The second kappa shape index (κ2) is 16.6. The van der Waals surface area contributed by atoms with E-state index in [2.05, 4.69) is 74.0 Å². The first kappa shape index (κ1) is 40.3. The lowest BCUT2D eigenvalue weighted by Gasteiger charge is -2.41. The minimum atomic E-state index is -1.00. The van der Waals surface area contributed by atoms with Gasteiger partial charge in [0.1, 0.15) is 23.9 Å². The zero-order valence-electron chi connectivity index (χ0n) is 34.4. The van der Waals surface area contributed by atoms with Crippen LogP contribution < -0.4 is 10.6 Å². The fourth-order valence-corrected chi connectivity index (χ4v) is 9.55. The number of H-pyrrole nitrogens is 2. The fraction of sp³-hybridized carbons (Fsp3) is 0.477. The quantitative estimate of drug-likeness (QED) is 0.0942. The molecule has 8 atom stereocenters. The van der Waals surface area contributed by atoms with Crippen molar-refractivity contribution in [2.45, 2.75) is 95.4 Å². The largest absolute Gasteiger partial charge is 0.453 e. The molecule has 15 heteroatoms. The monoisotopic (exact) mass is 806 g/mol. The Labute approximate surface area is 343 Å². The van der Waals surface area contributed by atoms with Crippen molar-refractivity contribution in [1.82, 2.24) is 40.4 Å². The number of hydrogen-bond acceptors (Lipinski definition) is 10. The molecule has 1 saturated carbocycles. The predicted octanol–water partition coefficient (Wildman–Crippen LogP) is 6.42. The van der Waals surface area contributed by atoms with Crippen molar-refractivity contribution in [1.29, 1.82) is 0 Å². The first-order chi connectivity index (χ1) is 28.5. The average molecular weight is 807 g/mol. The van der Waals surface area contributed by atoms with Gasteiger partial charge in [-0.25, -0.2) is 19.6 Å². The standard InChI is InChI=1S/C44H54N8O7/c1-23(2)35(49-43(55)58-5)41(53)51-19-7-8-34(51)39-46-32-18-15-28-20-27(14-17-31(28)37(32)48-39)25-9-11-26(12-10-25)33-22-45-40(47-33)38-29-13-16-30(21-29)52(38)42(54)36(24(3)57-4)50-44(56)59-6/h9-12,14-15,17-18,20,22-24,29-30,34-36,38,42,54H,7-8,13,16,19,21H2,1-6H3,(H,45,47)(H,46,48)(H,49,55)(H,50,56)/t24-,29+,30-,34+,35+,36+,38+,42?/m1/s1. The van der Waals surface area contributed by atoms with E-state index in [0.29, 0.717) is 12.5 Å². The predicted molar refractivity (Wildman–Crippen MR) is 222 cm³/mol. The Morgan fingerprint density at radius 1 is 0.864 bits per heavy atom. The zero-order chi connectivity index (χ0) is 41.5. The zero-order valence-corrected chi connectivity index (χ0v) is 34.4. The molecule has 8 rings (SSSR count). The van der Waals surface area contributed by atoms with Crippen molar-refractivity contribution in [3.63, 3.8) is 0 Å². The van der Waals surface area contributed by atoms with Crippen molar-refractivity contribution in [2.24, 2.45) is 11.8 Å². The summed E-state index contributed by atoms with van der Waals surface area (Å²) in [4.78, 5) is 58.8. The number of hydrogen-bond donors (Lipinski definition) is 5. The molecule has 5 N–H and O–H groups in total. The van der Waals surface area contributed by atoms with Crippen LogP contribution in [0.2, 0.25) is 0 Å². The SMILES string of the molecule is COC(=O)N[C@H](C(=O)N1CCC[C@H]1c1nc2c(ccc3cc(-c4ccc(-c5cnc([C@@H]6[C@H]7CC[C@H](C7)N6C(O)[C@@H](NC(=O)OC)[C@@H](C)OC)[nH]5)cc4)ccc32)[nH]1)C(C)C. The molecule has 3 aliphatic rings. The number of alkyl carbamates (subject to hydrolysis) is 2. The van der Waals surface area contributed by atoms with Gasteiger partial charge in [-0.15, -0.1) is 0 Å². The minimum absolute atomic E-state index is 0.111. The van der Waals surface area contributed by atoms with Crippen LogP contribution in [0.5, 0.6) is 0 Å². The number of imidazole rings is 2. The van der Waals surface area contributed by atoms with E-state index < -0.39 is 36.6 Å². The van der Waals surface area contributed by atoms with Crippen LogP contribution in [0.3, 0.4) is 0 Å². The number of likely N-dealkylation sites (tertiary alicyclic amines) is 2. The second-order valence-electron chi connectivity index (χ2n) is 16.5. The highest BCUT2D eigenvalue weighted by Crippen LogP contribution is 2.51. The number of carbonyl (C=O) groups is 3. The first-order valence-corrected chi connectivity index (χ1v) is 20.5. The highest BCUT2D eigenvalue weighted by atomic mass is 16.5. The number of fused-ring (bicyclic) bond motifs is 5. The topological polar surface area (TPSA) is 187 Å². The lowest BCUT2D eigenvalue weighted by molar-refractivity contribution is -0.135. The summed E-state index contributed by atoms with van der Waals surface area (Å²) in [5.74, 6) is 1.62. The lowest BCUT2D eigenvalue weighted by atomic mass is 9.96. The van der Waals surface area contributed by atoms with Crippen LogP contribution in [0.15, 0.2) is 60.8 Å². The molecule has 3 aromatic carbocycles. The Balaban J connectivity index is 0.996. The number of carbonyl (C=O) groups excluding carboxylic acids is 3. The number of aromatic amines is 2. The Bertz CT molecular complexity index is 2320. The smallest absolute Gasteiger partial charge is 0.407 e. The summed E-state index contributed by atoms with van der Waals surface area (Å²) in [6, 6.07) is 17.3. The number of amides is 3. The summed E-state index contributed by atoms with van der Waals surface area (Å²) in [6.07, 6.45) is 3.75. The molecule has 0 spiro atoms. The number of methoxy groups -OCH3 is 3. The third-order valence-corrected chi connectivity index (χ3v) is 12.7. The summed E-state index contributed by atoms with van der Waals surface area (Å²) < 4.78 is 15.2. The molecular formula is C44H54N8O7. The van der Waals surface area contributed by atoms with E-state index in [-0.39, 0.29) is 30.0 Å². The van der Waals surface area contributed by atoms with Gasteiger partial charge < -0.3 is 44.8 Å². The van der Waals surface area contributed by atoms with Crippen LogP contribution in [-0.4, -0.2) is 111 Å². The van der Waals surface area contributed by atoms with Crippen molar-refractivity contribution >= 4 is 39.9 Å². The molecule has 2 aromatic heterocycles. The molecule has 15 nitrogen and oxygen atoms in total. The van der Waals surface area contributed by atoms with E-state index in [1.54, 1.807) is 7.11 Å². The number of benzene rings is 3. The van der Waals surface area contributed by atoms with E-state index in [9.17, 15) is 19.5 Å². The molecule has 4 heterocycles. The van der Waals surface area contributed by atoms with Gasteiger partial charge >= 0.3 is 12.2 Å². The number of aliphatic hydroxyl groups excluding tert-OH is 1. The van der Waals surface area contributed by atoms with Gasteiger partial charge in [-0.3, -0.25) is 9.69 Å². The maximum Gasteiger partial charge on any atom is 0.407 e. The second-order valence-corrected chi connectivity index (χ2v) is 16.5. The number of nitrogens with one attached hydrogen (secondary N) is 4. The molecule has 2 aliphatic heterocycles. The molecular weight excluding hydrogens is 753 g/mol. The molecule has 3 fully saturated rings. The van der Waals surface area contributed by atoms with Crippen LogP contribution in [0, 0.1) is 11.8 Å². The summed E-state index contributed by atoms with van der Waals surface area (Å²) in [5, 5.41) is 19.3. The Morgan fingerprint density at radius 3 is 2.32 bits per heavy atom. The number of piperidine rings is 1. The number of aliphatic hydroxyl groups is 1. The number of rotatable bonds is 12. The van der Waals surface area contributed by atoms with Gasteiger partial charge in [0.2, 0.25) is 5.91 Å². The fourth-order valence-electron chi connectivity index (χ4n) is 9.55. The maximum atomic E-state index is 13.7. The van der Waals surface area contributed by atoms with E-state index in [1.807, 2.05) is 37.9 Å².